The van der Waals surface area contributed by atoms with Crippen molar-refractivity contribution in [1.29, 1.82) is 0 Å². The third-order valence-corrected chi connectivity index (χ3v) is 7.37. The van der Waals surface area contributed by atoms with Crippen LogP contribution in [0.1, 0.15) is 34.5 Å². The topological polar surface area (TPSA) is 97.5 Å². The minimum Gasteiger partial charge on any atom is -0.493 e. The maximum absolute atomic E-state index is 15.2. The van der Waals surface area contributed by atoms with Crippen LogP contribution in [0.4, 0.5) is 13.2 Å². The van der Waals surface area contributed by atoms with E-state index in [2.05, 4.69) is 9.97 Å². The van der Waals surface area contributed by atoms with Crippen LogP contribution < -0.4 is 19.8 Å². The van der Waals surface area contributed by atoms with E-state index in [0.29, 0.717) is 53.0 Å². The summed E-state index contributed by atoms with van der Waals surface area (Å²) in [5.74, 6) is -2.00. The summed E-state index contributed by atoms with van der Waals surface area (Å²) in [4.78, 5) is 35.3. The minimum absolute atomic E-state index is 0.0826. The summed E-state index contributed by atoms with van der Waals surface area (Å²) in [7, 11) is 2.97. The number of nitrogens with zero attached hydrogens (tertiary/aromatic N) is 4. The van der Waals surface area contributed by atoms with E-state index in [1.165, 1.54) is 37.4 Å². The number of methoxy groups -OCH3 is 2. The van der Waals surface area contributed by atoms with Crippen LogP contribution in [0.3, 0.4) is 0 Å². The van der Waals surface area contributed by atoms with Crippen molar-refractivity contribution in [2.75, 3.05) is 14.2 Å². The number of carbonyl (C=O) groups excluding carboxylic acids is 1. The van der Waals surface area contributed by atoms with Crippen LogP contribution in [0.5, 0.6) is 23.1 Å². The number of fused-ring (bicyclic) bond motifs is 2. The van der Waals surface area contributed by atoms with Crippen molar-refractivity contribution in [3.8, 4) is 28.8 Å². The molecule has 5 aromatic rings. The van der Waals surface area contributed by atoms with Crippen molar-refractivity contribution < 1.29 is 32.2 Å². The van der Waals surface area contributed by atoms with Gasteiger partial charge in [-0.2, -0.15) is 0 Å². The number of benzene rings is 3. The van der Waals surface area contributed by atoms with Crippen LogP contribution in [0.2, 0.25) is 0 Å². The molecule has 220 valence electrons. The average molecular weight is 591 g/mol. The Hall–Kier alpha value is -5.13. The Kier molecular flexibility index (Phi) is 7.34. The molecule has 9 nitrogen and oxygen atoms in total. The van der Waals surface area contributed by atoms with Gasteiger partial charge in [0.2, 0.25) is 5.88 Å². The number of hydrogen-bond acceptors (Lipinski definition) is 7. The molecule has 43 heavy (non-hydrogen) atoms. The first-order valence-electron chi connectivity index (χ1n) is 13.5. The van der Waals surface area contributed by atoms with Crippen LogP contribution in [-0.4, -0.2) is 39.3 Å². The molecule has 0 amide bonds. The molecule has 1 aliphatic heterocycles. The molecule has 6 rings (SSSR count). The summed E-state index contributed by atoms with van der Waals surface area (Å²) in [6.07, 6.45) is 2.84. The number of ketones is 1. The smallest absolute Gasteiger partial charge is 0.282 e. The minimum atomic E-state index is -0.792. The lowest BCUT2D eigenvalue weighted by Crippen LogP contribution is -2.25. The fourth-order valence-corrected chi connectivity index (χ4v) is 5.36. The second-order valence-electron chi connectivity index (χ2n) is 9.98. The van der Waals surface area contributed by atoms with Gasteiger partial charge in [-0.15, -0.1) is 0 Å². The lowest BCUT2D eigenvalue weighted by Gasteiger charge is -2.19. The van der Waals surface area contributed by atoms with Crippen molar-refractivity contribution in [2.45, 2.75) is 32.2 Å². The molecule has 0 saturated carbocycles. The van der Waals surface area contributed by atoms with Crippen molar-refractivity contribution in [1.82, 2.24) is 19.3 Å². The van der Waals surface area contributed by atoms with Gasteiger partial charge in [-0.05, 0) is 55.2 Å². The summed E-state index contributed by atoms with van der Waals surface area (Å²) in [5.41, 5.74) is 0.119. The monoisotopic (exact) mass is 590 g/mol. The number of carbonyl (C=O) groups is 1. The van der Waals surface area contributed by atoms with Crippen LogP contribution in [0.15, 0.2) is 59.7 Å². The summed E-state index contributed by atoms with van der Waals surface area (Å²) >= 11 is 0. The van der Waals surface area contributed by atoms with E-state index in [9.17, 15) is 18.4 Å². The summed E-state index contributed by atoms with van der Waals surface area (Å²) in [6.45, 7) is 0.366. The molecule has 0 fully saturated rings. The van der Waals surface area contributed by atoms with Crippen molar-refractivity contribution in [3.05, 3.63) is 99.5 Å². The van der Waals surface area contributed by atoms with E-state index in [0.717, 1.165) is 35.4 Å². The molecule has 0 unspecified atom stereocenters. The van der Waals surface area contributed by atoms with Crippen LogP contribution in [0.25, 0.3) is 16.6 Å². The highest BCUT2D eigenvalue weighted by molar-refractivity contribution is 5.98. The molecule has 0 saturated heterocycles. The Morgan fingerprint density at radius 2 is 1.70 bits per heavy atom. The second-order valence-corrected chi connectivity index (χ2v) is 9.98. The van der Waals surface area contributed by atoms with Crippen LogP contribution >= 0.6 is 0 Å². The van der Waals surface area contributed by atoms with Gasteiger partial charge in [-0.3, -0.25) is 14.3 Å². The van der Waals surface area contributed by atoms with Crippen LogP contribution in [0, 0.1) is 17.5 Å². The molecular formula is C31H25F3N4O5. The first-order chi connectivity index (χ1) is 20.8. The maximum Gasteiger partial charge on any atom is 0.282 e. The molecule has 3 heterocycles. The Morgan fingerprint density at radius 1 is 0.907 bits per heavy atom. The Balaban J connectivity index is 1.30. The first-order valence-corrected chi connectivity index (χ1v) is 13.5. The van der Waals surface area contributed by atoms with E-state index in [1.807, 2.05) is 0 Å². The zero-order valence-electron chi connectivity index (χ0n) is 23.2. The maximum atomic E-state index is 15.2. The Morgan fingerprint density at radius 3 is 2.47 bits per heavy atom. The third-order valence-electron chi connectivity index (χ3n) is 7.37. The first kappa shape index (κ1) is 28.0. The summed E-state index contributed by atoms with van der Waals surface area (Å²) in [6, 6.07) is 10.1. The molecule has 3 aromatic carbocycles. The molecule has 12 heteroatoms. The highest BCUT2D eigenvalue weighted by Crippen LogP contribution is 2.36. The molecule has 2 aromatic heterocycles. The van der Waals surface area contributed by atoms with Gasteiger partial charge in [0.25, 0.3) is 5.56 Å². The zero-order chi connectivity index (χ0) is 30.2. The quantitative estimate of drug-likeness (QED) is 0.218. The standard InChI is InChI=1S/C31H25F3N4O5/c1-41-27-14-19-22(15-28(27)42-2)35-16-36-30(19)43-26-9-6-17(11-21(26)34)12-25(39)29-23-5-3-4-10-37(23)38(31(29)40)24-13-18(32)7-8-20(24)33/h6-9,11,13-16H,3-5,10,12H2,1-2H3. The highest BCUT2D eigenvalue weighted by atomic mass is 19.1. The SMILES string of the molecule is COc1cc2ncnc(Oc3ccc(CC(=O)c4c5n(n(-c6cc(F)ccc6F)c4=O)CCCC5)cc3F)c2cc1OC. The number of halogens is 3. The highest BCUT2D eigenvalue weighted by Gasteiger charge is 2.29. The Bertz CT molecular complexity index is 1950. The molecule has 0 aliphatic carbocycles. The van der Waals surface area contributed by atoms with Gasteiger partial charge in [0.05, 0.1) is 30.8 Å². The van der Waals surface area contributed by atoms with Crippen LogP contribution in [-0.2, 0) is 19.4 Å². The van der Waals surface area contributed by atoms with E-state index >= 15 is 4.39 Å². The summed E-state index contributed by atoms with van der Waals surface area (Å²) in [5, 5.41) is 0.461. The fraction of sp³-hybridized carbons (Fsp3) is 0.226. The molecule has 0 atom stereocenters. The van der Waals surface area contributed by atoms with E-state index in [4.69, 9.17) is 14.2 Å². The predicted octanol–water partition coefficient (Wildman–Crippen LogP) is 5.57. The molecule has 0 spiro atoms. The zero-order valence-corrected chi connectivity index (χ0v) is 23.2. The number of aromatic nitrogens is 4. The summed E-state index contributed by atoms with van der Waals surface area (Å²) < 4.78 is 62.9. The van der Waals surface area contributed by atoms with Gasteiger partial charge in [0.15, 0.2) is 28.8 Å². The van der Waals surface area contributed by atoms with Gasteiger partial charge >= 0.3 is 0 Å². The number of ether oxygens (including phenoxy) is 3. The van der Waals surface area contributed by atoms with Crippen molar-refractivity contribution in [2.24, 2.45) is 0 Å². The third kappa shape index (κ3) is 5.09. The molecular weight excluding hydrogens is 565 g/mol. The van der Waals surface area contributed by atoms with Gasteiger partial charge in [-0.25, -0.2) is 27.8 Å². The Labute approximate surface area is 243 Å². The average Bonchev–Trinajstić information content (AvgIpc) is 3.30. The van der Waals surface area contributed by atoms with Gasteiger partial charge < -0.3 is 14.2 Å². The fourth-order valence-electron chi connectivity index (χ4n) is 5.36. The van der Waals surface area contributed by atoms with E-state index in [1.54, 1.807) is 12.1 Å². The largest absolute Gasteiger partial charge is 0.493 e. The van der Waals surface area contributed by atoms with Crippen molar-refractivity contribution in [3.63, 3.8) is 0 Å². The molecule has 0 N–H and O–H groups in total. The molecule has 0 radical (unpaired) electrons. The van der Waals surface area contributed by atoms with E-state index < -0.39 is 28.8 Å². The lowest BCUT2D eigenvalue weighted by molar-refractivity contribution is 0.0990. The molecule has 1 aliphatic rings. The van der Waals surface area contributed by atoms with Gasteiger partial charge in [-0.1, -0.05) is 6.07 Å². The number of rotatable bonds is 8. The lowest BCUT2D eigenvalue weighted by atomic mass is 9.99. The molecule has 0 bridgehead atoms. The predicted molar refractivity (Wildman–Crippen MR) is 150 cm³/mol. The number of hydrogen-bond donors (Lipinski definition) is 0. The van der Waals surface area contributed by atoms with Gasteiger partial charge in [0.1, 0.15) is 29.2 Å². The normalized spacial score (nSPS) is 12.7. The van der Waals surface area contributed by atoms with E-state index in [-0.39, 0.29) is 29.3 Å². The van der Waals surface area contributed by atoms with Crippen molar-refractivity contribution >= 4 is 16.7 Å². The second kappa shape index (κ2) is 11.3. The number of Topliss-reactive ketones (excluding diaryl/α,β-unsaturated/α-hetero) is 1. The van der Waals surface area contributed by atoms with Gasteiger partial charge in [0, 0.05) is 25.1 Å².